The summed E-state index contributed by atoms with van der Waals surface area (Å²) in [5.41, 5.74) is 2.24. The van der Waals surface area contributed by atoms with Crippen LogP contribution >= 0.6 is 11.3 Å². The second-order valence-corrected chi connectivity index (χ2v) is 7.78. The number of benzene rings is 3. The van der Waals surface area contributed by atoms with E-state index in [1.165, 1.54) is 11.3 Å². The first-order valence-electron chi connectivity index (χ1n) is 9.37. The lowest BCUT2D eigenvalue weighted by Crippen LogP contribution is -2.26. The predicted octanol–water partition coefficient (Wildman–Crippen LogP) is 4.72. The van der Waals surface area contributed by atoms with Crippen molar-refractivity contribution in [3.63, 3.8) is 0 Å². The smallest absolute Gasteiger partial charge is 0.318 e. The number of carbonyl (C=O) groups is 2. The molecule has 1 N–H and O–H groups in total. The van der Waals surface area contributed by atoms with Gasteiger partial charge in [-0.15, -0.1) is 0 Å². The molecule has 0 radical (unpaired) electrons. The first-order chi connectivity index (χ1) is 14.7. The summed E-state index contributed by atoms with van der Waals surface area (Å²) < 4.78 is 12.2. The normalized spacial score (nSPS) is 12.5. The number of hydrogen-bond donors (Lipinski definition) is 1. The number of fused-ring (bicyclic) bond motifs is 3. The molecule has 0 spiro atoms. The lowest BCUT2D eigenvalue weighted by molar-refractivity contribution is -0.148. The van der Waals surface area contributed by atoms with E-state index >= 15 is 0 Å². The highest BCUT2D eigenvalue weighted by molar-refractivity contribution is 7.22. The summed E-state index contributed by atoms with van der Waals surface area (Å²) in [6.45, 7) is -0.392. The average Bonchev–Trinajstić information content (AvgIpc) is 3.18. The average molecular weight is 416 g/mol. The number of thiazole rings is 1. The highest BCUT2D eigenvalue weighted by Gasteiger charge is 2.33. The van der Waals surface area contributed by atoms with Gasteiger partial charge in [-0.05, 0) is 24.3 Å². The monoisotopic (exact) mass is 416 g/mol. The molecule has 1 amide bonds. The molecule has 2 heterocycles. The summed E-state index contributed by atoms with van der Waals surface area (Å²) in [6, 6.07) is 22.3. The van der Waals surface area contributed by atoms with Gasteiger partial charge in [0.2, 0.25) is 0 Å². The molecule has 0 fully saturated rings. The van der Waals surface area contributed by atoms with Gasteiger partial charge in [-0.1, -0.05) is 59.9 Å². The van der Waals surface area contributed by atoms with Crippen molar-refractivity contribution in [1.29, 1.82) is 0 Å². The van der Waals surface area contributed by atoms with Crippen LogP contribution in [0.4, 0.5) is 5.13 Å². The number of nitrogens with one attached hydrogen (secondary N) is 1. The molecule has 4 aromatic rings. The number of hydrogen-bond acceptors (Lipinski definition) is 6. The van der Waals surface area contributed by atoms with E-state index in [2.05, 4.69) is 10.3 Å². The Bertz CT molecular complexity index is 1190. The Morgan fingerprint density at radius 3 is 2.27 bits per heavy atom. The Labute approximate surface area is 176 Å². The summed E-state index contributed by atoms with van der Waals surface area (Å²) in [4.78, 5) is 29.6. The van der Waals surface area contributed by atoms with Crippen molar-refractivity contribution in [3.05, 3.63) is 83.9 Å². The van der Waals surface area contributed by atoms with Crippen LogP contribution in [0.2, 0.25) is 0 Å². The molecule has 0 bridgehead atoms. The number of amides is 1. The van der Waals surface area contributed by atoms with Crippen LogP contribution in [0.25, 0.3) is 10.2 Å². The van der Waals surface area contributed by atoms with E-state index in [-0.39, 0.29) is 0 Å². The zero-order valence-electron chi connectivity index (χ0n) is 15.7. The summed E-state index contributed by atoms with van der Waals surface area (Å²) >= 11 is 1.37. The molecule has 1 aliphatic heterocycles. The van der Waals surface area contributed by atoms with Gasteiger partial charge < -0.3 is 9.47 Å². The summed E-state index contributed by atoms with van der Waals surface area (Å²) in [5, 5.41) is 3.17. The van der Waals surface area contributed by atoms with Gasteiger partial charge in [0.1, 0.15) is 17.4 Å². The molecule has 0 saturated carbocycles. The second kappa shape index (κ2) is 7.61. The number of carbonyl (C=O) groups excluding carboxylic acids is 2. The van der Waals surface area contributed by atoms with Gasteiger partial charge in [-0.2, -0.15) is 0 Å². The van der Waals surface area contributed by atoms with Crippen LogP contribution in [0.3, 0.4) is 0 Å². The Morgan fingerprint density at radius 1 is 0.933 bits per heavy atom. The molecule has 0 atom stereocenters. The van der Waals surface area contributed by atoms with Crippen molar-refractivity contribution in [3.8, 4) is 11.5 Å². The van der Waals surface area contributed by atoms with Crippen LogP contribution in [-0.2, 0) is 14.3 Å². The van der Waals surface area contributed by atoms with Crippen molar-refractivity contribution in [2.75, 3.05) is 11.9 Å². The minimum atomic E-state index is -0.651. The van der Waals surface area contributed by atoms with Crippen molar-refractivity contribution >= 4 is 38.6 Å². The van der Waals surface area contributed by atoms with Crippen LogP contribution in [0.5, 0.6) is 11.5 Å². The fraction of sp³-hybridized carbons (Fsp3) is 0.0870. The van der Waals surface area contributed by atoms with Gasteiger partial charge in [0.25, 0.3) is 5.91 Å². The van der Waals surface area contributed by atoms with Crippen molar-refractivity contribution in [1.82, 2.24) is 4.98 Å². The number of rotatable bonds is 4. The van der Waals surface area contributed by atoms with Crippen LogP contribution in [0.15, 0.2) is 72.8 Å². The molecule has 1 aromatic heterocycles. The topological polar surface area (TPSA) is 77.5 Å². The van der Waals surface area contributed by atoms with Crippen LogP contribution < -0.4 is 10.1 Å². The number of nitrogens with zero attached hydrogens (tertiary/aromatic N) is 1. The number of anilines is 1. The van der Waals surface area contributed by atoms with E-state index in [0.717, 1.165) is 10.2 Å². The Hall–Kier alpha value is -3.71. The Kier molecular flexibility index (Phi) is 4.65. The van der Waals surface area contributed by atoms with Crippen LogP contribution in [-0.4, -0.2) is 23.5 Å². The van der Waals surface area contributed by atoms with E-state index < -0.39 is 24.4 Å². The molecule has 6 nitrogen and oxygen atoms in total. The van der Waals surface area contributed by atoms with Gasteiger partial charge >= 0.3 is 5.97 Å². The fourth-order valence-electron chi connectivity index (χ4n) is 3.46. The highest BCUT2D eigenvalue weighted by atomic mass is 32.1. The molecule has 0 unspecified atom stereocenters. The third-order valence-electron chi connectivity index (χ3n) is 4.80. The highest BCUT2D eigenvalue weighted by Crippen LogP contribution is 2.44. The number of ether oxygens (including phenoxy) is 2. The molecule has 0 aliphatic carbocycles. The molecule has 5 rings (SSSR count). The summed E-state index contributed by atoms with van der Waals surface area (Å²) in [7, 11) is 0. The molecular weight excluding hydrogens is 400 g/mol. The molecular formula is C23H16N2O4S. The zero-order valence-corrected chi connectivity index (χ0v) is 16.5. The quantitative estimate of drug-likeness (QED) is 0.487. The maximum Gasteiger partial charge on any atom is 0.318 e. The van der Waals surface area contributed by atoms with E-state index in [1.54, 1.807) is 0 Å². The molecule has 30 heavy (non-hydrogen) atoms. The first-order valence-corrected chi connectivity index (χ1v) is 10.2. The predicted molar refractivity (Wildman–Crippen MR) is 114 cm³/mol. The van der Waals surface area contributed by atoms with E-state index in [0.29, 0.717) is 27.8 Å². The minimum Gasteiger partial charge on any atom is -0.457 e. The molecule has 7 heteroatoms. The maximum absolute atomic E-state index is 13.0. The minimum absolute atomic E-state index is 0.392. The van der Waals surface area contributed by atoms with Gasteiger partial charge in [-0.25, -0.2) is 4.98 Å². The van der Waals surface area contributed by atoms with E-state index in [1.807, 2.05) is 72.8 Å². The molecule has 148 valence electrons. The summed E-state index contributed by atoms with van der Waals surface area (Å²) in [5.74, 6) is -0.371. The summed E-state index contributed by atoms with van der Waals surface area (Å²) in [6.07, 6.45) is 0. The third-order valence-corrected chi connectivity index (χ3v) is 5.75. The number of esters is 1. The van der Waals surface area contributed by atoms with Gasteiger partial charge in [0.15, 0.2) is 11.7 Å². The lowest BCUT2D eigenvalue weighted by Gasteiger charge is -2.26. The standard InChI is InChI=1S/C23H16N2O4S/c26-20(25-23-24-16-9-3-6-12-19(16)30-23)13-28-22(27)21-14-7-1-4-10-17(14)29-18-11-5-2-8-15(18)21/h1-12,21H,13H2,(H,24,25,26). The largest absolute Gasteiger partial charge is 0.457 e. The van der Waals surface area contributed by atoms with Gasteiger partial charge in [-0.3, -0.25) is 14.9 Å². The number of para-hydroxylation sites is 3. The van der Waals surface area contributed by atoms with Crippen LogP contribution in [0, 0.1) is 0 Å². The fourth-order valence-corrected chi connectivity index (χ4v) is 4.35. The van der Waals surface area contributed by atoms with E-state index in [4.69, 9.17) is 9.47 Å². The third kappa shape index (κ3) is 3.40. The van der Waals surface area contributed by atoms with Crippen molar-refractivity contribution in [2.45, 2.75) is 5.92 Å². The zero-order chi connectivity index (χ0) is 20.5. The molecule has 3 aromatic carbocycles. The maximum atomic E-state index is 13.0. The Balaban J connectivity index is 1.31. The van der Waals surface area contributed by atoms with E-state index in [9.17, 15) is 9.59 Å². The lowest BCUT2D eigenvalue weighted by atomic mass is 9.88. The van der Waals surface area contributed by atoms with Crippen molar-refractivity contribution < 1.29 is 19.1 Å². The first kappa shape index (κ1) is 18.3. The van der Waals surface area contributed by atoms with Crippen LogP contribution in [0.1, 0.15) is 17.0 Å². The van der Waals surface area contributed by atoms with Gasteiger partial charge in [0.05, 0.1) is 10.2 Å². The molecule has 0 saturated heterocycles. The second-order valence-electron chi connectivity index (χ2n) is 6.75. The van der Waals surface area contributed by atoms with Gasteiger partial charge in [0, 0.05) is 11.1 Å². The van der Waals surface area contributed by atoms with Crippen molar-refractivity contribution in [2.24, 2.45) is 0 Å². The number of aromatic nitrogens is 1. The SMILES string of the molecule is O=C(COC(=O)C1c2ccccc2Oc2ccccc21)Nc1nc2ccccc2s1. The molecule has 1 aliphatic rings. The Morgan fingerprint density at radius 2 is 1.57 bits per heavy atom.